The van der Waals surface area contributed by atoms with Crippen LogP contribution in [-0.4, -0.2) is 29.2 Å². The van der Waals surface area contributed by atoms with E-state index in [4.69, 9.17) is 4.74 Å². The molecule has 1 saturated heterocycles. The Morgan fingerprint density at radius 1 is 1.33 bits per heavy atom. The largest absolute Gasteiger partial charge is 0.376 e. The SMILES string of the molecule is CC(C)(C)N1C=CCC12COC2. The van der Waals surface area contributed by atoms with Gasteiger partial charge in [-0.1, -0.05) is 6.08 Å². The summed E-state index contributed by atoms with van der Waals surface area (Å²) < 4.78 is 5.30. The van der Waals surface area contributed by atoms with Gasteiger partial charge in [0, 0.05) is 5.54 Å². The van der Waals surface area contributed by atoms with Crippen molar-refractivity contribution in [1.82, 2.24) is 4.90 Å². The highest BCUT2D eigenvalue weighted by Gasteiger charge is 2.48. The maximum Gasteiger partial charge on any atom is 0.0902 e. The molecular weight excluding hydrogens is 150 g/mol. The molecule has 2 aliphatic rings. The molecule has 2 heterocycles. The quantitative estimate of drug-likeness (QED) is 0.545. The van der Waals surface area contributed by atoms with Crippen LogP contribution in [0.3, 0.4) is 0 Å². The predicted octanol–water partition coefficient (Wildman–Crippen LogP) is 1.77. The van der Waals surface area contributed by atoms with Crippen LogP contribution in [0.4, 0.5) is 0 Å². The number of hydrogen-bond acceptors (Lipinski definition) is 2. The highest BCUT2D eigenvalue weighted by Crippen LogP contribution is 2.38. The lowest BCUT2D eigenvalue weighted by molar-refractivity contribution is -0.138. The average molecular weight is 167 g/mol. The van der Waals surface area contributed by atoms with Crippen molar-refractivity contribution in [1.29, 1.82) is 0 Å². The molecule has 2 aliphatic heterocycles. The van der Waals surface area contributed by atoms with Crippen LogP contribution in [0, 0.1) is 0 Å². The second-order valence-electron chi connectivity index (χ2n) is 4.85. The summed E-state index contributed by atoms with van der Waals surface area (Å²) >= 11 is 0. The Kier molecular flexibility index (Phi) is 1.52. The van der Waals surface area contributed by atoms with E-state index in [0.717, 1.165) is 19.6 Å². The third kappa shape index (κ3) is 0.977. The summed E-state index contributed by atoms with van der Waals surface area (Å²) in [6.07, 6.45) is 5.64. The van der Waals surface area contributed by atoms with Crippen molar-refractivity contribution in [3.8, 4) is 0 Å². The number of hydrogen-bond donors (Lipinski definition) is 0. The highest BCUT2D eigenvalue weighted by molar-refractivity contribution is 5.14. The van der Waals surface area contributed by atoms with E-state index in [-0.39, 0.29) is 5.54 Å². The van der Waals surface area contributed by atoms with Gasteiger partial charge in [0.05, 0.1) is 18.8 Å². The molecule has 0 N–H and O–H groups in total. The van der Waals surface area contributed by atoms with E-state index in [1.807, 2.05) is 0 Å². The molecule has 0 unspecified atom stereocenters. The zero-order valence-electron chi connectivity index (χ0n) is 8.13. The summed E-state index contributed by atoms with van der Waals surface area (Å²) in [6.45, 7) is 8.56. The summed E-state index contributed by atoms with van der Waals surface area (Å²) in [5, 5.41) is 0. The fourth-order valence-corrected chi connectivity index (χ4v) is 2.16. The molecule has 0 aliphatic carbocycles. The summed E-state index contributed by atoms with van der Waals surface area (Å²) in [4.78, 5) is 2.45. The van der Waals surface area contributed by atoms with Gasteiger partial charge in [-0.2, -0.15) is 0 Å². The first-order chi connectivity index (χ1) is 5.55. The summed E-state index contributed by atoms with van der Waals surface area (Å²) in [7, 11) is 0. The Bertz CT molecular complexity index is 210. The summed E-state index contributed by atoms with van der Waals surface area (Å²) in [5.41, 5.74) is 0.551. The van der Waals surface area contributed by atoms with Gasteiger partial charge in [-0.25, -0.2) is 0 Å². The fraction of sp³-hybridized carbons (Fsp3) is 0.800. The standard InChI is InChI=1S/C10H17NO/c1-9(2,3)11-6-4-5-10(11)7-12-8-10/h4,6H,5,7-8H2,1-3H3. The molecule has 0 aromatic rings. The molecule has 2 nitrogen and oxygen atoms in total. The lowest BCUT2D eigenvalue weighted by Gasteiger charge is -2.52. The van der Waals surface area contributed by atoms with Crippen molar-refractivity contribution in [2.75, 3.05) is 13.2 Å². The number of ether oxygens (including phenoxy) is 1. The van der Waals surface area contributed by atoms with E-state index >= 15 is 0 Å². The zero-order valence-corrected chi connectivity index (χ0v) is 8.13. The Labute approximate surface area is 74.2 Å². The van der Waals surface area contributed by atoms with Crippen molar-refractivity contribution in [2.24, 2.45) is 0 Å². The average Bonchev–Trinajstić information content (AvgIpc) is 2.25. The van der Waals surface area contributed by atoms with Crippen molar-refractivity contribution in [2.45, 2.75) is 38.3 Å². The molecule has 0 amide bonds. The van der Waals surface area contributed by atoms with Gasteiger partial charge in [-0.3, -0.25) is 0 Å². The van der Waals surface area contributed by atoms with Gasteiger partial charge in [-0.15, -0.1) is 0 Å². The first-order valence-corrected chi connectivity index (χ1v) is 4.59. The van der Waals surface area contributed by atoms with Crippen LogP contribution in [0.2, 0.25) is 0 Å². The van der Waals surface area contributed by atoms with Gasteiger partial charge in [-0.05, 0) is 33.4 Å². The van der Waals surface area contributed by atoms with E-state index in [1.54, 1.807) is 0 Å². The second kappa shape index (κ2) is 2.25. The molecule has 0 aromatic carbocycles. The smallest absolute Gasteiger partial charge is 0.0902 e. The lowest BCUT2D eigenvalue weighted by atomic mass is 9.90. The molecule has 12 heavy (non-hydrogen) atoms. The minimum atomic E-state index is 0.233. The lowest BCUT2D eigenvalue weighted by Crippen LogP contribution is -2.63. The molecule has 68 valence electrons. The Morgan fingerprint density at radius 2 is 2.00 bits per heavy atom. The van der Waals surface area contributed by atoms with Crippen LogP contribution in [-0.2, 0) is 4.74 Å². The molecule has 1 spiro atoms. The maximum atomic E-state index is 5.30. The first-order valence-electron chi connectivity index (χ1n) is 4.59. The number of rotatable bonds is 0. The molecule has 0 saturated carbocycles. The Hall–Kier alpha value is -0.500. The van der Waals surface area contributed by atoms with Gasteiger partial charge >= 0.3 is 0 Å². The Morgan fingerprint density at radius 3 is 2.33 bits per heavy atom. The van der Waals surface area contributed by atoms with Crippen molar-refractivity contribution >= 4 is 0 Å². The maximum absolute atomic E-state index is 5.30. The molecule has 2 heteroatoms. The van der Waals surface area contributed by atoms with E-state index in [0.29, 0.717) is 5.54 Å². The first kappa shape index (κ1) is 8.11. The van der Waals surface area contributed by atoms with Crippen LogP contribution in [0.15, 0.2) is 12.3 Å². The van der Waals surface area contributed by atoms with Crippen molar-refractivity contribution < 1.29 is 4.74 Å². The molecule has 2 rings (SSSR count). The highest BCUT2D eigenvalue weighted by atomic mass is 16.5. The van der Waals surface area contributed by atoms with Gasteiger partial charge in [0.2, 0.25) is 0 Å². The van der Waals surface area contributed by atoms with E-state index in [9.17, 15) is 0 Å². The fourth-order valence-electron chi connectivity index (χ4n) is 2.16. The van der Waals surface area contributed by atoms with Gasteiger partial charge in [0.1, 0.15) is 0 Å². The second-order valence-corrected chi connectivity index (χ2v) is 4.85. The molecule has 0 radical (unpaired) electrons. The normalized spacial score (nSPS) is 26.4. The minimum absolute atomic E-state index is 0.233. The van der Waals surface area contributed by atoms with Crippen molar-refractivity contribution in [3.63, 3.8) is 0 Å². The van der Waals surface area contributed by atoms with Crippen LogP contribution < -0.4 is 0 Å². The molecule has 1 fully saturated rings. The van der Waals surface area contributed by atoms with Crippen LogP contribution in [0.1, 0.15) is 27.2 Å². The van der Waals surface area contributed by atoms with Crippen LogP contribution in [0.5, 0.6) is 0 Å². The van der Waals surface area contributed by atoms with E-state index in [1.165, 1.54) is 0 Å². The zero-order chi connectivity index (χ0) is 8.82. The molecule has 0 aromatic heterocycles. The Balaban J connectivity index is 2.19. The van der Waals surface area contributed by atoms with Crippen LogP contribution in [0.25, 0.3) is 0 Å². The predicted molar refractivity (Wildman–Crippen MR) is 48.9 cm³/mol. The molecule has 0 bridgehead atoms. The summed E-state index contributed by atoms with van der Waals surface area (Å²) in [5.74, 6) is 0. The monoisotopic (exact) mass is 167 g/mol. The number of nitrogens with zero attached hydrogens (tertiary/aromatic N) is 1. The third-order valence-electron chi connectivity index (χ3n) is 2.73. The van der Waals surface area contributed by atoms with Crippen molar-refractivity contribution in [3.05, 3.63) is 12.3 Å². The van der Waals surface area contributed by atoms with Gasteiger partial charge < -0.3 is 9.64 Å². The van der Waals surface area contributed by atoms with E-state index < -0.39 is 0 Å². The minimum Gasteiger partial charge on any atom is -0.376 e. The molecule has 0 atom stereocenters. The molecular formula is C10H17NO. The topological polar surface area (TPSA) is 12.5 Å². The summed E-state index contributed by atoms with van der Waals surface area (Å²) in [6, 6.07) is 0. The van der Waals surface area contributed by atoms with Gasteiger partial charge in [0.15, 0.2) is 0 Å². The van der Waals surface area contributed by atoms with E-state index in [2.05, 4.69) is 37.9 Å². The van der Waals surface area contributed by atoms with Crippen LogP contribution >= 0.6 is 0 Å². The van der Waals surface area contributed by atoms with Gasteiger partial charge in [0.25, 0.3) is 0 Å². The third-order valence-corrected chi connectivity index (χ3v) is 2.73.